The highest BCUT2D eigenvalue weighted by molar-refractivity contribution is 5.83. The highest BCUT2D eigenvalue weighted by Gasteiger charge is 2.22. The van der Waals surface area contributed by atoms with Crippen LogP contribution in [0.15, 0.2) is 41.6 Å². The van der Waals surface area contributed by atoms with Crippen LogP contribution in [-0.2, 0) is 0 Å². The molecule has 0 spiro atoms. The van der Waals surface area contributed by atoms with E-state index in [9.17, 15) is 10.1 Å². The average molecular weight is 330 g/mol. The summed E-state index contributed by atoms with van der Waals surface area (Å²) in [6.45, 7) is 3.57. The molecule has 0 aliphatic rings. The van der Waals surface area contributed by atoms with Crippen LogP contribution >= 0.6 is 0 Å². The average Bonchev–Trinajstić information content (AvgIpc) is 2.56. The maximum absolute atomic E-state index is 11.3. The monoisotopic (exact) mass is 330 g/mol. The van der Waals surface area contributed by atoms with Gasteiger partial charge in [0, 0.05) is 17.8 Å². The topological polar surface area (TPSA) is 98.9 Å². The van der Waals surface area contributed by atoms with Gasteiger partial charge >= 0.3 is 5.69 Å². The Morgan fingerprint density at radius 1 is 1.38 bits per heavy atom. The van der Waals surface area contributed by atoms with Gasteiger partial charge in [0.15, 0.2) is 5.75 Å². The van der Waals surface area contributed by atoms with Gasteiger partial charge in [-0.2, -0.15) is 5.10 Å². The van der Waals surface area contributed by atoms with Crippen molar-refractivity contribution in [1.82, 2.24) is 4.98 Å². The Hall–Kier alpha value is -3.16. The number of anilines is 1. The van der Waals surface area contributed by atoms with E-state index in [1.807, 2.05) is 6.07 Å². The fraction of sp³-hybridized carbons (Fsp3) is 0.250. The number of rotatable bonds is 7. The van der Waals surface area contributed by atoms with Crippen LogP contribution in [0, 0.1) is 10.1 Å². The van der Waals surface area contributed by atoms with Crippen LogP contribution in [-0.4, -0.2) is 29.3 Å². The van der Waals surface area contributed by atoms with Gasteiger partial charge in [-0.1, -0.05) is 6.07 Å². The van der Waals surface area contributed by atoms with E-state index in [2.05, 4.69) is 15.5 Å². The molecule has 0 atom stereocenters. The van der Waals surface area contributed by atoms with E-state index in [1.54, 1.807) is 38.2 Å². The Labute approximate surface area is 139 Å². The number of nitrogens with one attached hydrogen (secondary N) is 1. The summed E-state index contributed by atoms with van der Waals surface area (Å²) in [5, 5.41) is 15.3. The third kappa shape index (κ3) is 4.42. The number of hydrogen-bond acceptors (Lipinski definition) is 7. The third-order valence-corrected chi connectivity index (χ3v) is 2.89. The molecule has 0 saturated heterocycles. The van der Waals surface area contributed by atoms with Crippen molar-refractivity contribution in [2.75, 3.05) is 12.5 Å². The van der Waals surface area contributed by atoms with Crippen molar-refractivity contribution in [2.24, 2.45) is 5.10 Å². The predicted octanol–water partition coefficient (Wildman–Crippen LogP) is 3.23. The lowest BCUT2D eigenvalue weighted by atomic mass is 10.2. The number of methoxy groups -OCH3 is 1. The zero-order valence-electron chi connectivity index (χ0n) is 13.6. The first-order valence-corrected chi connectivity index (χ1v) is 7.24. The first-order valence-electron chi connectivity index (χ1n) is 7.24. The molecule has 8 nitrogen and oxygen atoms in total. The van der Waals surface area contributed by atoms with Crippen LogP contribution < -0.4 is 14.9 Å². The SMILES string of the molecule is COc1cc(/C=N/Nc2ccccn2)cc([N+](=O)[O-])c1OC(C)C. The summed E-state index contributed by atoms with van der Waals surface area (Å²) in [6.07, 6.45) is 2.86. The molecule has 0 unspecified atom stereocenters. The van der Waals surface area contributed by atoms with E-state index in [0.717, 1.165) is 0 Å². The van der Waals surface area contributed by atoms with E-state index in [-0.39, 0.29) is 23.3 Å². The summed E-state index contributed by atoms with van der Waals surface area (Å²) in [5.74, 6) is 0.944. The van der Waals surface area contributed by atoms with Crippen LogP contribution in [0.25, 0.3) is 0 Å². The fourth-order valence-corrected chi connectivity index (χ4v) is 1.93. The first-order chi connectivity index (χ1) is 11.5. The van der Waals surface area contributed by atoms with Crippen molar-refractivity contribution in [1.29, 1.82) is 0 Å². The number of nitrogens with zero attached hydrogens (tertiary/aromatic N) is 3. The number of benzene rings is 1. The Balaban J connectivity index is 2.30. The summed E-state index contributed by atoms with van der Waals surface area (Å²) in [5.41, 5.74) is 3.06. The number of hydrazone groups is 1. The largest absolute Gasteiger partial charge is 0.493 e. The Bertz CT molecular complexity index is 732. The lowest BCUT2D eigenvalue weighted by molar-refractivity contribution is -0.386. The normalized spacial score (nSPS) is 10.8. The summed E-state index contributed by atoms with van der Waals surface area (Å²) in [6, 6.07) is 8.35. The van der Waals surface area contributed by atoms with Crippen molar-refractivity contribution in [3.63, 3.8) is 0 Å². The van der Waals surface area contributed by atoms with Gasteiger partial charge in [-0.05, 0) is 32.0 Å². The Kier molecular flexibility index (Phi) is 5.67. The standard InChI is InChI=1S/C16H18N4O4/c1-11(2)24-16-13(20(21)22)8-12(9-14(16)23-3)10-18-19-15-6-4-5-7-17-15/h4-11H,1-3H3,(H,17,19)/b18-10+. The van der Waals surface area contributed by atoms with E-state index >= 15 is 0 Å². The van der Waals surface area contributed by atoms with Crippen LogP contribution in [0.3, 0.4) is 0 Å². The molecule has 1 aromatic carbocycles. The maximum atomic E-state index is 11.3. The smallest absolute Gasteiger partial charge is 0.315 e. The first kappa shape index (κ1) is 17.2. The molecule has 2 aromatic rings. The van der Waals surface area contributed by atoms with Gasteiger partial charge in [0.05, 0.1) is 24.4 Å². The summed E-state index contributed by atoms with van der Waals surface area (Å²) in [7, 11) is 1.43. The Morgan fingerprint density at radius 3 is 2.75 bits per heavy atom. The summed E-state index contributed by atoms with van der Waals surface area (Å²) in [4.78, 5) is 14.9. The number of hydrogen-bond donors (Lipinski definition) is 1. The molecule has 0 saturated carbocycles. The van der Waals surface area contributed by atoms with Crippen LogP contribution in [0.2, 0.25) is 0 Å². The molecule has 126 valence electrons. The highest BCUT2D eigenvalue weighted by atomic mass is 16.6. The number of nitro benzene ring substituents is 1. The maximum Gasteiger partial charge on any atom is 0.315 e. The quantitative estimate of drug-likeness (QED) is 0.475. The summed E-state index contributed by atoms with van der Waals surface area (Å²) < 4.78 is 10.7. The highest BCUT2D eigenvalue weighted by Crippen LogP contribution is 2.38. The molecule has 0 bridgehead atoms. The van der Waals surface area contributed by atoms with Crippen LogP contribution in [0.4, 0.5) is 11.5 Å². The van der Waals surface area contributed by atoms with Crippen LogP contribution in [0.5, 0.6) is 11.5 Å². The molecule has 1 heterocycles. The second kappa shape index (κ2) is 7.91. The van der Waals surface area contributed by atoms with Gasteiger partial charge in [-0.3, -0.25) is 15.5 Å². The van der Waals surface area contributed by atoms with Gasteiger partial charge in [0.2, 0.25) is 5.75 Å². The number of ether oxygens (including phenoxy) is 2. The van der Waals surface area contributed by atoms with Crippen molar-refractivity contribution < 1.29 is 14.4 Å². The molecule has 0 aliphatic carbocycles. The molecule has 0 aliphatic heterocycles. The van der Waals surface area contributed by atoms with Gasteiger partial charge in [0.1, 0.15) is 5.82 Å². The molecule has 24 heavy (non-hydrogen) atoms. The zero-order valence-corrected chi connectivity index (χ0v) is 13.6. The fourth-order valence-electron chi connectivity index (χ4n) is 1.93. The molecular formula is C16H18N4O4. The molecule has 0 fully saturated rings. The van der Waals surface area contributed by atoms with Crippen molar-refractivity contribution in [2.45, 2.75) is 20.0 Å². The lowest BCUT2D eigenvalue weighted by Gasteiger charge is -2.14. The molecule has 0 radical (unpaired) electrons. The van der Waals surface area contributed by atoms with E-state index in [4.69, 9.17) is 9.47 Å². The second-order valence-electron chi connectivity index (χ2n) is 5.08. The molecule has 1 N–H and O–H groups in total. The van der Waals surface area contributed by atoms with Crippen molar-refractivity contribution in [3.05, 3.63) is 52.2 Å². The van der Waals surface area contributed by atoms with Crippen molar-refractivity contribution in [3.8, 4) is 11.5 Å². The minimum Gasteiger partial charge on any atom is -0.493 e. The van der Waals surface area contributed by atoms with Crippen molar-refractivity contribution >= 4 is 17.7 Å². The summed E-state index contributed by atoms with van der Waals surface area (Å²) >= 11 is 0. The third-order valence-electron chi connectivity index (χ3n) is 2.89. The van der Waals surface area contributed by atoms with E-state index < -0.39 is 4.92 Å². The molecule has 0 amide bonds. The van der Waals surface area contributed by atoms with Gasteiger partial charge < -0.3 is 9.47 Å². The second-order valence-corrected chi connectivity index (χ2v) is 5.08. The molecule has 2 rings (SSSR count). The Morgan fingerprint density at radius 2 is 2.17 bits per heavy atom. The molecule has 8 heteroatoms. The molecular weight excluding hydrogens is 312 g/mol. The van der Waals surface area contributed by atoms with Gasteiger partial charge in [0.25, 0.3) is 0 Å². The number of pyridine rings is 1. The minimum absolute atomic E-state index is 0.104. The van der Waals surface area contributed by atoms with Crippen LogP contribution in [0.1, 0.15) is 19.4 Å². The minimum atomic E-state index is -0.510. The number of nitro groups is 1. The zero-order chi connectivity index (χ0) is 17.5. The predicted molar refractivity (Wildman–Crippen MR) is 90.9 cm³/mol. The lowest BCUT2D eigenvalue weighted by Crippen LogP contribution is -2.09. The van der Waals surface area contributed by atoms with Gasteiger partial charge in [-0.15, -0.1) is 0 Å². The molecule has 1 aromatic heterocycles. The van der Waals surface area contributed by atoms with E-state index in [0.29, 0.717) is 11.4 Å². The number of aromatic nitrogens is 1. The van der Waals surface area contributed by atoms with E-state index in [1.165, 1.54) is 19.4 Å². The van der Waals surface area contributed by atoms with Gasteiger partial charge in [-0.25, -0.2) is 4.98 Å².